The highest BCUT2D eigenvalue weighted by Crippen LogP contribution is 2.39. The topological polar surface area (TPSA) is 90.5 Å². The number of ether oxygens (including phenoxy) is 2. The van der Waals surface area contributed by atoms with Crippen LogP contribution < -0.4 is 4.74 Å². The zero-order chi connectivity index (χ0) is 21.1. The van der Waals surface area contributed by atoms with Crippen LogP contribution in [0.3, 0.4) is 0 Å². The summed E-state index contributed by atoms with van der Waals surface area (Å²) in [7, 11) is 1.61. The van der Waals surface area contributed by atoms with Crippen LogP contribution in [0.1, 0.15) is 44.2 Å². The van der Waals surface area contributed by atoms with Gasteiger partial charge in [0.05, 0.1) is 19.0 Å². The summed E-state index contributed by atoms with van der Waals surface area (Å²) in [6.45, 7) is 4.86. The quantitative estimate of drug-likeness (QED) is 0.618. The van der Waals surface area contributed by atoms with Crippen molar-refractivity contribution in [1.29, 1.82) is 0 Å². The van der Waals surface area contributed by atoms with E-state index in [1.807, 2.05) is 24.3 Å². The highest BCUT2D eigenvalue weighted by atomic mass is 32.2. The van der Waals surface area contributed by atoms with Gasteiger partial charge >= 0.3 is 0 Å². The molecule has 0 radical (unpaired) electrons. The maximum atomic E-state index is 10.2. The largest absolute Gasteiger partial charge is 0.495 e. The molecule has 158 valence electrons. The van der Waals surface area contributed by atoms with Crippen molar-refractivity contribution in [3.05, 3.63) is 48.2 Å². The van der Waals surface area contributed by atoms with Crippen LogP contribution in [0.2, 0.25) is 0 Å². The van der Waals surface area contributed by atoms with Crippen LogP contribution in [0.4, 0.5) is 0 Å². The molecule has 0 aromatic carbocycles. The summed E-state index contributed by atoms with van der Waals surface area (Å²) in [5.74, 6) is 1.65. The van der Waals surface area contributed by atoms with E-state index in [0.717, 1.165) is 35.0 Å². The molecule has 0 aliphatic carbocycles. The third-order valence-electron chi connectivity index (χ3n) is 4.99. The van der Waals surface area contributed by atoms with Gasteiger partial charge in [-0.25, -0.2) is 9.97 Å². The van der Waals surface area contributed by atoms with Gasteiger partial charge in [0.25, 0.3) is 0 Å². The number of aliphatic hydroxyl groups is 1. The molecule has 0 spiro atoms. The van der Waals surface area contributed by atoms with Gasteiger partial charge in [-0.15, -0.1) is 0 Å². The number of hydrogen-bond donors (Lipinski definition) is 1. The van der Waals surface area contributed by atoms with Crippen LogP contribution in [-0.2, 0) is 10.3 Å². The van der Waals surface area contributed by atoms with Crippen LogP contribution in [0.15, 0.2) is 51.2 Å². The van der Waals surface area contributed by atoms with E-state index in [9.17, 15) is 5.11 Å². The zero-order valence-electron chi connectivity index (χ0n) is 17.3. The third-order valence-corrected chi connectivity index (χ3v) is 5.90. The molecule has 0 bridgehead atoms. The fraction of sp³-hybridized carbons (Fsp3) is 0.409. The smallest absolute Gasteiger partial charge is 0.199 e. The highest BCUT2D eigenvalue weighted by Gasteiger charge is 2.26. The first-order chi connectivity index (χ1) is 14.4. The number of rotatable bonds is 6. The number of hydrogen-bond acceptors (Lipinski definition) is 8. The summed E-state index contributed by atoms with van der Waals surface area (Å²) in [4.78, 5) is 13.7. The summed E-state index contributed by atoms with van der Waals surface area (Å²) in [5.41, 5.74) is 1.17. The Kier molecular flexibility index (Phi) is 6.08. The molecule has 1 fully saturated rings. The average Bonchev–Trinajstić information content (AvgIpc) is 3.18. The molecule has 1 aliphatic heterocycles. The fourth-order valence-corrected chi connectivity index (χ4v) is 4.05. The molecule has 0 saturated carbocycles. The van der Waals surface area contributed by atoms with Crippen LogP contribution in [0, 0.1) is 0 Å². The van der Waals surface area contributed by atoms with Crippen molar-refractivity contribution in [3.63, 3.8) is 0 Å². The van der Waals surface area contributed by atoms with Crippen LogP contribution >= 0.6 is 11.8 Å². The average molecular weight is 428 g/mol. The van der Waals surface area contributed by atoms with Crippen molar-refractivity contribution in [2.24, 2.45) is 0 Å². The van der Waals surface area contributed by atoms with Gasteiger partial charge in [0.15, 0.2) is 11.0 Å². The molecular weight excluding hydrogens is 402 g/mol. The second kappa shape index (κ2) is 8.75. The molecule has 30 heavy (non-hydrogen) atoms. The number of methoxy groups -OCH3 is 1. The molecule has 8 heteroatoms. The Morgan fingerprint density at radius 3 is 2.50 bits per heavy atom. The number of aromatic nitrogens is 3. The van der Waals surface area contributed by atoms with Crippen molar-refractivity contribution in [3.8, 4) is 17.0 Å². The number of oxazole rings is 1. The van der Waals surface area contributed by atoms with E-state index < -0.39 is 5.60 Å². The summed E-state index contributed by atoms with van der Waals surface area (Å²) in [6, 6.07) is 7.49. The Labute approximate surface area is 179 Å². The van der Waals surface area contributed by atoms with E-state index >= 15 is 0 Å². The molecule has 4 heterocycles. The van der Waals surface area contributed by atoms with Gasteiger partial charge in [-0.3, -0.25) is 4.98 Å². The SMILES string of the molecule is COc1ccc(Sc2oc(C3CCOCC3)nc2-c2ccc(C(C)(C)O)nc2)nc1. The maximum absolute atomic E-state index is 10.2. The van der Waals surface area contributed by atoms with Gasteiger partial charge in [0.2, 0.25) is 0 Å². The molecule has 7 nitrogen and oxygen atoms in total. The second-order valence-corrected chi connectivity index (χ2v) is 8.70. The molecule has 3 aromatic heterocycles. The lowest BCUT2D eigenvalue weighted by atomic mass is 10.0. The molecule has 3 aromatic rings. The van der Waals surface area contributed by atoms with Gasteiger partial charge in [-0.1, -0.05) is 0 Å². The van der Waals surface area contributed by atoms with Crippen LogP contribution in [0.5, 0.6) is 5.75 Å². The zero-order valence-corrected chi connectivity index (χ0v) is 18.1. The summed E-state index contributed by atoms with van der Waals surface area (Å²) >= 11 is 1.42. The lowest BCUT2D eigenvalue weighted by Gasteiger charge is -2.18. The van der Waals surface area contributed by atoms with Crippen LogP contribution in [-0.4, -0.2) is 40.4 Å². The lowest BCUT2D eigenvalue weighted by molar-refractivity contribution is 0.0739. The van der Waals surface area contributed by atoms with Gasteiger partial charge in [-0.05, 0) is 62.7 Å². The Bertz CT molecular complexity index is 975. The van der Waals surface area contributed by atoms with Crippen molar-refractivity contribution >= 4 is 11.8 Å². The predicted octanol–water partition coefficient (Wildman–Crippen LogP) is 4.41. The molecule has 1 aliphatic rings. The molecule has 4 rings (SSSR count). The van der Waals surface area contributed by atoms with Gasteiger partial charge in [0.1, 0.15) is 22.1 Å². The van der Waals surface area contributed by atoms with Gasteiger partial charge in [-0.2, -0.15) is 0 Å². The standard InChI is InChI=1S/C22H25N3O4S/c1-22(2,26)17-6-4-15(12-23-17)19-21(30-18-7-5-16(27-3)13-24-18)29-20(25-19)14-8-10-28-11-9-14/h4-7,12-14,26H,8-11H2,1-3H3. The summed E-state index contributed by atoms with van der Waals surface area (Å²) in [5, 5.41) is 11.6. The van der Waals surface area contributed by atoms with E-state index in [0.29, 0.717) is 29.7 Å². The first kappa shape index (κ1) is 20.8. The molecule has 1 N–H and O–H groups in total. The molecular formula is C22H25N3O4S. The second-order valence-electron chi connectivity index (χ2n) is 7.70. The van der Waals surface area contributed by atoms with E-state index in [2.05, 4.69) is 9.97 Å². The predicted molar refractivity (Wildman–Crippen MR) is 113 cm³/mol. The third kappa shape index (κ3) is 4.66. The Hall–Kier alpha value is -2.42. The van der Waals surface area contributed by atoms with E-state index in [1.54, 1.807) is 33.4 Å². The summed E-state index contributed by atoms with van der Waals surface area (Å²) < 4.78 is 16.9. The molecule has 0 unspecified atom stereocenters. The number of pyridine rings is 2. The van der Waals surface area contributed by atoms with E-state index in [1.165, 1.54) is 11.8 Å². The lowest BCUT2D eigenvalue weighted by Crippen LogP contribution is -2.17. The minimum absolute atomic E-state index is 0.235. The Balaban J connectivity index is 1.68. The highest BCUT2D eigenvalue weighted by molar-refractivity contribution is 7.99. The monoisotopic (exact) mass is 427 g/mol. The first-order valence-electron chi connectivity index (χ1n) is 9.89. The Morgan fingerprint density at radius 1 is 1.10 bits per heavy atom. The van der Waals surface area contributed by atoms with Crippen molar-refractivity contribution < 1.29 is 19.0 Å². The van der Waals surface area contributed by atoms with Gasteiger partial charge in [0, 0.05) is 30.9 Å². The first-order valence-corrected chi connectivity index (χ1v) is 10.7. The van der Waals surface area contributed by atoms with E-state index in [-0.39, 0.29) is 5.92 Å². The normalized spacial score (nSPS) is 15.3. The number of nitrogens with zero attached hydrogens (tertiary/aromatic N) is 3. The Morgan fingerprint density at radius 2 is 1.90 bits per heavy atom. The van der Waals surface area contributed by atoms with Gasteiger partial charge < -0.3 is 19.0 Å². The maximum Gasteiger partial charge on any atom is 0.199 e. The van der Waals surface area contributed by atoms with E-state index in [4.69, 9.17) is 18.9 Å². The molecule has 1 saturated heterocycles. The van der Waals surface area contributed by atoms with Crippen molar-refractivity contribution in [2.75, 3.05) is 20.3 Å². The minimum atomic E-state index is -1.000. The van der Waals surface area contributed by atoms with Crippen molar-refractivity contribution in [1.82, 2.24) is 15.0 Å². The fourth-order valence-electron chi connectivity index (χ4n) is 3.23. The summed E-state index contributed by atoms with van der Waals surface area (Å²) in [6.07, 6.45) is 5.18. The molecule has 0 atom stereocenters. The molecule has 0 amide bonds. The van der Waals surface area contributed by atoms with Crippen LogP contribution in [0.25, 0.3) is 11.3 Å². The van der Waals surface area contributed by atoms with Crippen molar-refractivity contribution in [2.45, 2.75) is 48.3 Å². The minimum Gasteiger partial charge on any atom is -0.495 e.